The summed E-state index contributed by atoms with van der Waals surface area (Å²) in [6, 6.07) is 8.67. The van der Waals surface area contributed by atoms with Crippen molar-refractivity contribution >= 4 is 11.7 Å². The van der Waals surface area contributed by atoms with Gasteiger partial charge in [0.05, 0.1) is 0 Å². The number of nitrogens with one attached hydrogen (secondary N) is 2. The molecule has 1 aromatic heterocycles. The van der Waals surface area contributed by atoms with Gasteiger partial charge in [-0.3, -0.25) is 4.79 Å². The third-order valence-corrected chi connectivity index (χ3v) is 4.49. The molecule has 5 nitrogen and oxygen atoms in total. The zero-order valence-corrected chi connectivity index (χ0v) is 14.2. The fourth-order valence-corrected chi connectivity index (χ4v) is 3.12. The Morgan fingerprint density at radius 3 is 2.76 bits per heavy atom. The average molecular weight is 342 g/mol. The lowest BCUT2D eigenvalue weighted by atomic mass is 9.95. The molecule has 0 bridgehead atoms. The quantitative estimate of drug-likeness (QED) is 0.845. The number of amides is 1. The summed E-state index contributed by atoms with van der Waals surface area (Å²) >= 11 is 0. The first-order chi connectivity index (χ1) is 12.2. The molecular weight excluding hydrogens is 319 g/mol. The minimum absolute atomic E-state index is 0.252. The van der Waals surface area contributed by atoms with Gasteiger partial charge in [-0.15, -0.1) is 0 Å². The van der Waals surface area contributed by atoms with Crippen molar-refractivity contribution in [3.8, 4) is 0 Å². The van der Waals surface area contributed by atoms with Crippen molar-refractivity contribution in [3.63, 3.8) is 0 Å². The highest BCUT2D eigenvalue weighted by atomic mass is 19.1. The van der Waals surface area contributed by atoms with Crippen molar-refractivity contribution in [2.45, 2.75) is 44.6 Å². The first-order valence-electron chi connectivity index (χ1n) is 8.82. The highest BCUT2D eigenvalue weighted by Gasteiger charge is 2.15. The highest BCUT2D eigenvalue weighted by molar-refractivity contribution is 5.92. The predicted molar refractivity (Wildman–Crippen MR) is 95.0 cm³/mol. The highest BCUT2D eigenvalue weighted by Crippen LogP contribution is 2.20. The molecule has 1 saturated carbocycles. The van der Waals surface area contributed by atoms with Gasteiger partial charge in [0, 0.05) is 18.7 Å². The monoisotopic (exact) mass is 342 g/mol. The topological polar surface area (TPSA) is 66.9 Å². The number of aromatic nitrogens is 2. The van der Waals surface area contributed by atoms with Gasteiger partial charge in [0.15, 0.2) is 0 Å². The SMILES string of the molecule is O=C(NCCc1ccccc1F)c1cc(NC2CCCCC2)ncn1. The average Bonchev–Trinajstić information content (AvgIpc) is 2.64. The van der Waals surface area contributed by atoms with Crippen LogP contribution in [0, 0.1) is 5.82 Å². The van der Waals surface area contributed by atoms with Crippen LogP contribution in [0.1, 0.15) is 48.2 Å². The van der Waals surface area contributed by atoms with Crippen LogP contribution in [0.5, 0.6) is 0 Å². The molecule has 2 aromatic rings. The fraction of sp³-hybridized carbons (Fsp3) is 0.421. The van der Waals surface area contributed by atoms with Gasteiger partial charge < -0.3 is 10.6 Å². The maximum absolute atomic E-state index is 13.6. The smallest absolute Gasteiger partial charge is 0.270 e. The van der Waals surface area contributed by atoms with Gasteiger partial charge in [-0.2, -0.15) is 0 Å². The Hall–Kier alpha value is -2.50. The zero-order valence-electron chi connectivity index (χ0n) is 14.2. The van der Waals surface area contributed by atoms with E-state index >= 15 is 0 Å². The summed E-state index contributed by atoms with van der Waals surface area (Å²) in [6.07, 6.45) is 7.85. The first kappa shape index (κ1) is 17.3. The van der Waals surface area contributed by atoms with E-state index in [-0.39, 0.29) is 11.7 Å². The molecule has 1 aromatic carbocycles. The molecule has 0 atom stereocenters. The molecule has 6 heteroatoms. The first-order valence-corrected chi connectivity index (χ1v) is 8.82. The van der Waals surface area contributed by atoms with Crippen LogP contribution in [0.2, 0.25) is 0 Å². The van der Waals surface area contributed by atoms with Crippen LogP contribution in [0.25, 0.3) is 0 Å². The molecule has 0 unspecified atom stereocenters. The van der Waals surface area contributed by atoms with Gasteiger partial charge >= 0.3 is 0 Å². The molecule has 1 amide bonds. The summed E-state index contributed by atoms with van der Waals surface area (Å²) in [7, 11) is 0. The molecule has 0 radical (unpaired) electrons. The van der Waals surface area contributed by atoms with Crippen molar-refractivity contribution in [3.05, 3.63) is 53.7 Å². The lowest BCUT2D eigenvalue weighted by Gasteiger charge is -2.23. The van der Waals surface area contributed by atoms with Crippen LogP contribution >= 0.6 is 0 Å². The summed E-state index contributed by atoms with van der Waals surface area (Å²) in [5.74, 6) is 0.157. The maximum Gasteiger partial charge on any atom is 0.270 e. The van der Waals surface area contributed by atoms with E-state index in [4.69, 9.17) is 0 Å². The summed E-state index contributed by atoms with van der Waals surface area (Å²) < 4.78 is 13.6. The second-order valence-electron chi connectivity index (χ2n) is 6.37. The van der Waals surface area contributed by atoms with E-state index in [2.05, 4.69) is 20.6 Å². The molecular formula is C19H23FN4O. The third-order valence-electron chi connectivity index (χ3n) is 4.49. The van der Waals surface area contributed by atoms with Crippen LogP contribution in [-0.2, 0) is 6.42 Å². The minimum atomic E-state index is -0.273. The minimum Gasteiger partial charge on any atom is -0.367 e. The van der Waals surface area contributed by atoms with Crippen molar-refractivity contribution in [1.29, 1.82) is 0 Å². The number of rotatable bonds is 6. The lowest BCUT2D eigenvalue weighted by molar-refractivity contribution is 0.0949. The molecule has 0 saturated heterocycles. The van der Waals surface area contributed by atoms with Crippen molar-refractivity contribution in [2.24, 2.45) is 0 Å². The number of nitrogens with zero attached hydrogens (tertiary/aromatic N) is 2. The fourth-order valence-electron chi connectivity index (χ4n) is 3.12. The van der Waals surface area contributed by atoms with Gasteiger partial charge in [-0.25, -0.2) is 14.4 Å². The summed E-state index contributed by atoms with van der Waals surface area (Å²) in [4.78, 5) is 20.5. The molecule has 0 aliphatic heterocycles. The molecule has 1 heterocycles. The van der Waals surface area contributed by atoms with Gasteiger partial charge in [0.2, 0.25) is 0 Å². The Morgan fingerprint density at radius 1 is 1.16 bits per heavy atom. The standard InChI is InChI=1S/C19H23FN4O/c20-16-9-5-4-6-14(16)10-11-21-19(25)17-12-18(23-13-22-17)24-15-7-2-1-3-8-15/h4-6,9,12-13,15H,1-3,7-8,10-11H2,(H,21,25)(H,22,23,24). The van der Waals surface area contributed by atoms with E-state index in [0.717, 1.165) is 12.8 Å². The second kappa shape index (κ2) is 8.55. The van der Waals surface area contributed by atoms with Gasteiger partial charge in [0.25, 0.3) is 5.91 Å². The van der Waals surface area contributed by atoms with Gasteiger partial charge in [-0.05, 0) is 30.9 Å². The molecule has 1 aliphatic carbocycles. The molecule has 1 fully saturated rings. The number of carbonyl (C=O) groups is 1. The molecule has 2 N–H and O–H groups in total. The molecule has 25 heavy (non-hydrogen) atoms. The Balaban J connectivity index is 1.53. The van der Waals surface area contributed by atoms with E-state index in [0.29, 0.717) is 36.1 Å². The largest absolute Gasteiger partial charge is 0.367 e. The van der Waals surface area contributed by atoms with E-state index in [9.17, 15) is 9.18 Å². The zero-order chi connectivity index (χ0) is 17.5. The van der Waals surface area contributed by atoms with E-state index in [1.165, 1.54) is 31.7 Å². The summed E-state index contributed by atoms with van der Waals surface area (Å²) in [6.45, 7) is 0.356. The second-order valence-corrected chi connectivity index (χ2v) is 6.37. The van der Waals surface area contributed by atoms with Gasteiger partial charge in [-0.1, -0.05) is 37.5 Å². The van der Waals surface area contributed by atoms with Crippen LogP contribution in [-0.4, -0.2) is 28.5 Å². The number of hydrogen-bond donors (Lipinski definition) is 2. The maximum atomic E-state index is 13.6. The number of benzene rings is 1. The summed E-state index contributed by atoms with van der Waals surface area (Å²) in [5, 5.41) is 6.17. The van der Waals surface area contributed by atoms with Crippen LogP contribution < -0.4 is 10.6 Å². The Morgan fingerprint density at radius 2 is 1.96 bits per heavy atom. The van der Waals surface area contributed by atoms with Crippen molar-refractivity contribution in [2.75, 3.05) is 11.9 Å². The van der Waals surface area contributed by atoms with E-state index in [1.54, 1.807) is 24.3 Å². The van der Waals surface area contributed by atoms with E-state index in [1.807, 2.05) is 0 Å². The van der Waals surface area contributed by atoms with Gasteiger partial charge in [0.1, 0.15) is 23.7 Å². The lowest BCUT2D eigenvalue weighted by Crippen LogP contribution is -2.27. The Bertz CT molecular complexity index is 716. The molecule has 132 valence electrons. The number of hydrogen-bond acceptors (Lipinski definition) is 4. The Labute approximate surface area is 147 Å². The Kier molecular flexibility index (Phi) is 5.93. The molecule has 3 rings (SSSR count). The van der Waals surface area contributed by atoms with Crippen molar-refractivity contribution < 1.29 is 9.18 Å². The third kappa shape index (κ3) is 4.98. The van der Waals surface area contributed by atoms with Crippen LogP contribution in [0.15, 0.2) is 36.7 Å². The molecule has 0 spiro atoms. The van der Waals surface area contributed by atoms with Crippen LogP contribution in [0.4, 0.5) is 10.2 Å². The number of halogens is 1. The van der Waals surface area contributed by atoms with Crippen LogP contribution in [0.3, 0.4) is 0 Å². The number of carbonyl (C=O) groups excluding carboxylic acids is 1. The van der Waals surface area contributed by atoms with Crippen molar-refractivity contribution in [1.82, 2.24) is 15.3 Å². The normalized spacial score (nSPS) is 14.9. The predicted octanol–water partition coefficient (Wildman–Crippen LogP) is 3.33. The van der Waals surface area contributed by atoms with E-state index < -0.39 is 0 Å². The molecule has 1 aliphatic rings. The summed E-state index contributed by atoms with van der Waals surface area (Å²) in [5.41, 5.74) is 0.909. The number of anilines is 1.